The molecule has 0 unspecified atom stereocenters. The molecule has 0 saturated carbocycles. The molecule has 1 rings (SSSR count). The minimum atomic E-state index is -0.242. The van der Waals surface area contributed by atoms with E-state index >= 15 is 0 Å². The quantitative estimate of drug-likeness (QED) is 0.145. The number of phenolic OH excluding ortho intramolecular Hbond substituents is 2. The number of hydrogen-bond acceptors (Lipinski definition) is 3. The van der Waals surface area contributed by atoms with Gasteiger partial charge in [0.1, 0.15) is 5.60 Å². The molecule has 0 heterocycles. The molecular formula is C29H52O3. The van der Waals surface area contributed by atoms with Crippen LogP contribution in [0.4, 0.5) is 0 Å². The Morgan fingerprint density at radius 1 is 0.594 bits per heavy atom. The summed E-state index contributed by atoms with van der Waals surface area (Å²) in [6, 6.07) is 5.09. The van der Waals surface area contributed by atoms with Crippen molar-refractivity contribution in [2.75, 3.05) is 0 Å². The summed E-state index contributed by atoms with van der Waals surface area (Å²) in [6.07, 6.45) is 23.3. The highest BCUT2D eigenvalue weighted by Crippen LogP contribution is 2.41. The van der Waals surface area contributed by atoms with Crippen LogP contribution in [0.3, 0.4) is 0 Å². The molecule has 2 N–H and O–H groups in total. The van der Waals surface area contributed by atoms with Gasteiger partial charge in [-0.2, -0.15) is 0 Å². The van der Waals surface area contributed by atoms with Crippen molar-refractivity contribution in [3.05, 3.63) is 18.2 Å². The van der Waals surface area contributed by atoms with Crippen LogP contribution in [0.25, 0.3) is 0 Å². The second-order valence-electron chi connectivity index (χ2n) is 9.76. The van der Waals surface area contributed by atoms with Crippen LogP contribution in [0.5, 0.6) is 17.2 Å². The number of aromatic hydroxyl groups is 2. The molecule has 0 atom stereocenters. The maximum absolute atomic E-state index is 10.4. The number of unbranched alkanes of at least 4 members (excludes halogenated alkanes) is 13. The van der Waals surface area contributed by atoms with Gasteiger partial charge in [-0.05, 0) is 50.7 Å². The molecule has 0 radical (unpaired) electrons. The summed E-state index contributed by atoms with van der Waals surface area (Å²) in [5.74, 6) is 0.232. The topological polar surface area (TPSA) is 49.7 Å². The highest BCUT2D eigenvalue weighted by Gasteiger charge is 2.32. The highest BCUT2D eigenvalue weighted by molar-refractivity contribution is 5.49. The van der Waals surface area contributed by atoms with E-state index in [0.717, 1.165) is 19.3 Å². The van der Waals surface area contributed by atoms with Gasteiger partial charge in [-0.3, -0.25) is 0 Å². The third-order valence-electron chi connectivity index (χ3n) is 6.76. The summed E-state index contributed by atoms with van der Waals surface area (Å²) < 4.78 is 6.64. The summed E-state index contributed by atoms with van der Waals surface area (Å²) in [6.45, 7) is 6.77. The van der Waals surface area contributed by atoms with E-state index in [9.17, 15) is 10.2 Å². The van der Waals surface area contributed by atoms with E-state index in [0.29, 0.717) is 5.75 Å². The van der Waals surface area contributed by atoms with Crippen LogP contribution in [-0.2, 0) is 0 Å². The zero-order chi connectivity index (χ0) is 23.5. The van der Waals surface area contributed by atoms with Crippen molar-refractivity contribution in [3.63, 3.8) is 0 Å². The van der Waals surface area contributed by atoms with E-state index in [1.54, 1.807) is 12.1 Å². The van der Waals surface area contributed by atoms with Crippen LogP contribution >= 0.6 is 0 Å². The largest absolute Gasteiger partial charge is 0.504 e. The lowest BCUT2D eigenvalue weighted by Crippen LogP contribution is -2.36. The maximum atomic E-state index is 10.4. The molecule has 0 aliphatic carbocycles. The summed E-state index contributed by atoms with van der Waals surface area (Å²) in [7, 11) is 0. The molecule has 0 bridgehead atoms. The molecule has 0 aliphatic rings. The first-order valence-electron chi connectivity index (χ1n) is 13.8. The van der Waals surface area contributed by atoms with Gasteiger partial charge in [0, 0.05) is 0 Å². The summed E-state index contributed by atoms with van der Waals surface area (Å²) in [5.41, 5.74) is -0.242. The molecular weight excluding hydrogens is 396 g/mol. The standard InChI is InChI=1S/C29H52O3/c1-4-7-10-13-15-18-24-29(23-17-12-9-6-3,25-19-16-14-11-8-5-2)32-27-22-20-21-26(30)28(27)31/h20-22,30-31H,4-19,23-25H2,1-3H3. The van der Waals surface area contributed by atoms with Crippen molar-refractivity contribution in [1.29, 1.82) is 0 Å². The first-order chi connectivity index (χ1) is 15.6. The molecule has 186 valence electrons. The Balaban J connectivity index is 2.87. The lowest BCUT2D eigenvalue weighted by atomic mass is 9.84. The van der Waals surface area contributed by atoms with Crippen LogP contribution in [0.1, 0.15) is 143 Å². The molecule has 0 aliphatic heterocycles. The summed E-state index contributed by atoms with van der Waals surface area (Å²) >= 11 is 0. The van der Waals surface area contributed by atoms with Gasteiger partial charge in [-0.1, -0.05) is 110 Å². The van der Waals surface area contributed by atoms with Crippen molar-refractivity contribution >= 4 is 0 Å². The third kappa shape index (κ3) is 12.0. The van der Waals surface area contributed by atoms with Crippen LogP contribution < -0.4 is 4.74 Å². The van der Waals surface area contributed by atoms with Gasteiger partial charge in [0.15, 0.2) is 11.5 Å². The fraction of sp³-hybridized carbons (Fsp3) is 0.793. The van der Waals surface area contributed by atoms with E-state index in [4.69, 9.17) is 4.74 Å². The van der Waals surface area contributed by atoms with Crippen molar-refractivity contribution in [2.24, 2.45) is 0 Å². The Hall–Kier alpha value is -1.38. The fourth-order valence-electron chi connectivity index (χ4n) is 4.68. The smallest absolute Gasteiger partial charge is 0.200 e. The lowest BCUT2D eigenvalue weighted by molar-refractivity contribution is 0.0305. The van der Waals surface area contributed by atoms with Gasteiger partial charge >= 0.3 is 0 Å². The predicted octanol–water partition coefficient (Wildman–Crippen LogP) is 9.69. The average Bonchev–Trinajstić information content (AvgIpc) is 2.79. The second kappa shape index (κ2) is 18.1. The predicted molar refractivity (Wildman–Crippen MR) is 138 cm³/mol. The van der Waals surface area contributed by atoms with Gasteiger partial charge in [0.05, 0.1) is 0 Å². The fourth-order valence-corrected chi connectivity index (χ4v) is 4.68. The zero-order valence-corrected chi connectivity index (χ0v) is 21.5. The van der Waals surface area contributed by atoms with E-state index < -0.39 is 0 Å². The van der Waals surface area contributed by atoms with Crippen molar-refractivity contribution in [3.8, 4) is 17.2 Å². The molecule has 0 amide bonds. The monoisotopic (exact) mass is 448 g/mol. The number of hydrogen-bond donors (Lipinski definition) is 2. The van der Waals surface area contributed by atoms with Gasteiger partial charge in [-0.25, -0.2) is 0 Å². The minimum absolute atomic E-state index is 0.0958. The second-order valence-corrected chi connectivity index (χ2v) is 9.76. The molecule has 0 aromatic heterocycles. The Morgan fingerprint density at radius 2 is 1.00 bits per heavy atom. The molecule has 3 heteroatoms. The lowest BCUT2D eigenvalue weighted by Gasteiger charge is -2.36. The van der Waals surface area contributed by atoms with E-state index in [-0.39, 0.29) is 17.1 Å². The van der Waals surface area contributed by atoms with Crippen molar-refractivity contribution in [1.82, 2.24) is 0 Å². The number of phenols is 2. The molecule has 0 saturated heterocycles. The van der Waals surface area contributed by atoms with Crippen LogP contribution in [0.15, 0.2) is 18.2 Å². The van der Waals surface area contributed by atoms with Gasteiger partial charge in [0.25, 0.3) is 0 Å². The highest BCUT2D eigenvalue weighted by atomic mass is 16.5. The average molecular weight is 449 g/mol. The van der Waals surface area contributed by atoms with Gasteiger partial charge < -0.3 is 14.9 Å². The van der Waals surface area contributed by atoms with Gasteiger partial charge in [-0.15, -0.1) is 0 Å². The van der Waals surface area contributed by atoms with E-state index in [1.165, 1.54) is 109 Å². The van der Waals surface area contributed by atoms with Crippen LogP contribution in [-0.4, -0.2) is 15.8 Å². The number of ether oxygens (including phenoxy) is 1. The zero-order valence-electron chi connectivity index (χ0n) is 21.5. The Kier molecular flexibility index (Phi) is 16.2. The van der Waals surface area contributed by atoms with E-state index in [1.807, 2.05) is 0 Å². The first-order valence-corrected chi connectivity index (χ1v) is 13.8. The van der Waals surface area contributed by atoms with Crippen LogP contribution in [0, 0.1) is 0 Å². The maximum Gasteiger partial charge on any atom is 0.200 e. The number of para-hydroxylation sites is 1. The van der Waals surface area contributed by atoms with Gasteiger partial charge in [0.2, 0.25) is 5.75 Å². The Morgan fingerprint density at radius 3 is 1.47 bits per heavy atom. The Labute approximate surface area is 199 Å². The molecule has 1 aromatic rings. The summed E-state index contributed by atoms with van der Waals surface area (Å²) in [4.78, 5) is 0. The normalized spacial score (nSPS) is 11.7. The molecule has 0 fully saturated rings. The third-order valence-corrected chi connectivity index (χ3v) is 6.76. The molecule has 32 heavy (non-hydrogen) atoms. The molecule has 3 nitrogen and oxygen atoms in total. The van der Waals surface area contributed by atoms with E-state index in [2.05, 4.69) is 20.8 Å². The molecule has 0 spiro atoms. The van der Waals surface area contributed by atoms with Crippen molar-refractivity contribution in [2.45, 2.75) is 148 Å². The molecule has 1 aromatic carbocycles. The van der Waals surface area contributed by atoms with Crippen LogP contribution in [0.2, 0.25) is 0 Å². The Bertz CT molecular complexity index is 554. The SMILES string of the molecule is CCCCCCCCC(CCCCCC)(CCCCCCCC)Oc1cccc(O)c1O. The van der Waals surface area contributed by atoms with Crippen molar-refractivity contribution < 1.29 is 14.9 Å². The minimum Gasteiger partial charge on any atom is -0.504 e. The number of rotatable bonds is 21. The summed E-state index contributed by atoms with van der Waals surface area (Å²) in [5, 5.41) is 20.4. The number of benzene rings is 1. The first kappa shape index (κ1) is 28.7.